The van der Waals surface area contributed by atoms with Crippen molar-refractivity contribution in [2.24, 2.45) is 0 Å². The topological polar surface area (TPSA) is 32.3 Å². The van der Waals surface area contributed by atoms with Crippen molar-refractivity contribution in [1.29, 1.82) is 0 Å². The second kappa shape index (κ2) is 10.7. The second-order valence-corrected chi connectivity index (χ2v) is 6.40. The number of hydrogen-bond donors (Lipinski definition) is 2. The van der Waals surface area contributed by atoms with E-state index in [0.717, 1.165) is 24.1 Å². The van der Waals surface area contributed by atoms with Gasteiger partial charge in [-0.15, -0.1) is 46.5 Å². The molecular weight excluding hydrogens is 408 g/mol. The van der Waals surface area contributed by atoms with Gasteiger partial charge in [0.25, 0.3) is 0 Å². The molecule has 2 rings (SSSR count). The number of fused-ring (bicyclic) bond motifs is 1. The molecule has 1 aromatic carbocycles. The zero-order chi connectivity index (χ0) is 14.8. The van der Waals surface area contributed by atoms with Gasteiger partial charge < -0.3 is 35.2 Å². The Hall–Kier alpha value is -0.0769. The van der Waals surface area contributed by atoms with Crippen molar-refractivity contribution in [1.82, 2.24) is 5.32 Å². The first kappa shape index (κ1) is 25.2. The summed E-state index contributed by atoms with van der Waals surface area (Å²) in [5, 5.41) is 12.6. The molecule has 1 radical (unpaired) electrons. The first-order valence-electron chi connectivity index (χ1n) is 7.25. The maximum absolute atomic E-state index is 9.04. The average molecular weight is 433 g/mol. The molecule has 0 aliphatic heterocycles. The number of benzene rings is 1. The molecule has 0 atom stereocenters. The van der Waals surface area contributed by atoms with Crippen LogP contribution in [0.3, 0.4) is 0 Å². The van der Waals surface area contributed by atoms with Crippen LogP contribution in [0.2, 0.25) is 0 Å². The Morgan fingerprint density at radius 3 is 2.35 bits per heavy atom. The number of aliphatic hydroxyl groups is 1. The van der Waals surface area contributed by atoms with Crippen molar-refractivity contribution in [2.45, 2.75) is 46.1 Å². The first-order valence-corrected chi connectivity index (χ1v) is 7.25. The van der Waals surface area contributed by atoms with Crippen LogP contribution in [-0.2, 0) is 26.2 Å². The molecule has 2 N–H and O–H groups in total. The van der Waals surface area contributed by atoms with E-state index in [1.165, 1.54) is 16.7 Å². The molecule has 5 heteroatoms. The van der Waals surface area contributed by atoms with Gasteiger partial charge in [-0.2, -0.15) is 0 Å². The van der Waals surface area contributed by atoms with E-state index in [-0.39, 0.29) is 63.2 Å². The van der Waals surface area contributed by atoms with Gasteiger partial charge in [-0.3, -0.25) is 0 Å². The van der Waals surface area contributed by atoms with Crippen molar-refractivity contribution in [3.8, 4) is 0 Å². The third-order valence-electron chi connectivity index (χ3n) is 3.34. The van der Waals surface area contributed by atoms with Gasteiger partial charge in [0, 0.05) is 12.1 Å². The van der Waals surface area contributed by atoms with Crippen molar-refractivity contribution < 1.29 is 56.1 Å². The van der Waals surface area contributed by atoms with Gasteiger partial charge in [0.05, 0.1) is 0 Å². The number of nitrogens with one attached hydrogen (secondary N) is 1. The fraction of sp³-hybridized carbons (Fsp3) is 0.444. The van der Waals surface area contributed by atoms with Crippen LogP contribution in [-0.4, -0.2) is 17.3 Å². The van der Waals surface area contributed by atoms with E-state index in [9.17, 15) is 0 Å². The molecule has 1 aliphatic carbocycles. The number of halogens is 2. The van der Waals surface area contributed by atoms with E-state index in [1.54, 1.807) is 0 Å². The minimum atomic E-state index is 0. The molecule has 0 aromatic heterocycles. The number of hydrogen-bond acceptors (Lipinski definition) is 2. The third-order valence-corrected chi connectivity index (χ3v) is 3.34. The Morgan fingerprint density at radius 2 is 1.78 bits per heavy atom. The van der Waals surface area contributed by atoms with Gasteiger partial charge in [0.1, 0.15) is 0 Å². The Bertz CT molecular complexity index is 562. The normalized spacial score (nSPS) is 14.6. The summed E-state index contributed by atoms with van der Waals surface area (Å²) in [6.45, 7) is 8.86. The Balaban J connectivity index is 0. The van der Waals surface area contributed by atoms with Crippen molar-refractivity contribution >= 4 is 5.57 Å². The van der Waals surface area contributed by atoms with Crippen molar-refractivity contribution in [3.63, 3.8) is 0 Å². The number of aliphatic hydroxyl groups excluding tert-OH is 1. The summed E-state index contributed by atoms with van der Waals surface area (Å²) in [5.41, 5.74) is 6.04. The van der Waals surface area contributed by atoms with Crippen LogP contribution >= 0.6 is 0 Å². The van der Waals surface area contributed by atoms with Gasteiger partial charge in [-0.05, 0) is 33.6 Å². The van der Waals surface area contributed by atoms with E-state index in [1.807, 2.05) is 6.07 Å². The third kappa shape index (κ3) is 6.74. The molecule has 0 saturated heterocycles. The predicted molar refractivity (Wildman–Crippen MR) is 84.1 cm³/mol. The molecule has 0 heterocycles. The summed E-state index contributed by atoms with van der Waals surface area (Å²) in [5.74, 6) is 0. The quantitative estimate of drug-likeness (QED) is 0.524. The molecule has 0 amide bonds. The second-order valence-electron chi connectivity index (χ2n) is 6.40. The summed E-state index contributed by atoms with van der Waals surface area (Å²) in [4.78, 5) is 0. The summed E-state index contributed by atoms with van der Waals surface area (Å²) in [7, 11) is 0. The summed E-state index contributed by atoms with van der Waals surface area (Å²) in [6.07, 6.45) is 5.20. The standard InChI is InChI=1S/C18H24NO.2ClH.Zr/c1-13(8-7-11-20)17-15-10-6-5-9-14(15)12-16(17)19-18(2,3)4;;;/h5-6,9-10,19-20H,7-8,11H2,1-4H3;2*1H;/q-1;;;+3/p-2. The van der Waals surface area contributed by atoms with Gasteiger partial charge >= 0.3 is 26.2 Å². The van der Waals surface area contributed by atoms with Crippen LogP contribution in [0.15, 0.2) is 35.5 Å². The maximum Gasteiger partial charge on any atom is 3.00 e. The van der Waals surface area contributed by atoms with Gasteiger partial charge in [0.2, 0.25) is 0 Å². The largest absolute Gasteiger partial charge is 3.00 e. The van der Waals surface area contributed by atoms with Crippen molar-refractivity contribution in [2.75, 3.05) is 6.61 Å². The summed E-state index contributed by atoms with van der Waals surface area (Å²) < 4.78 is 0. The Kier molecular flexibility index (Phi) is 11.7. The van der Waals surface area contributed by atoms with Crippen LogP contribution in [0.25, 0.3) is 5.57 Å². The Morgan fingerprint density at radius 1 is 1.17 bits per heavy atom. The predicted octanol–water partition coefficient (Wildman–Crippen LogP) is -2.33. The molecule has 0 saturated carbocycles. The van der Waals surface area contributed by atoms with Crippen LogP contribution in [0.5, 0.6) is 0 Å². The smallest absolute Gasteiger partial charge is 1.00 e. The minimum Gasteiger partial charge on any atom is -1.00 e. The zero-order valence-corrected chi connectivity index (χ0v) is 18.1. The maximum atomic E-state index is 9.04. The van der Waals surface area contributed by atoms with Crippen LogP contribution in [0.4, 0.5) is 0 Å². The van der Waals surface area contributed by atoms with E-state index >= 15 is 0 Å². The molecule has 0 bridgehead atoms. The van der Waals surface area contributed by atoms with Crippen LogP contribution < -0.4 is 30.1 Å². The molecule has 1 aliphatic rings. The van der Waals surface area contributed by atoms with E-state index in [4.69, 9.17) is 5.11 Å². The monoisotopic (exact) mass is 430 g/mol. The molecule has 0 spiro atoms. The van der Waals surface area contributed by atoms with E-state index in [2.05, 4.69) is 57.3 Å². The minimum absolute atomic E-state index is 0. The summed E-state index contributed by atoms with van der Waals surface area (Å²) >= 11 is 0. The van der Waals surface area contributed by atoms with E-state index in [0.29, 0.717) is 0 Å². The molecule has 0 fully saturated rings. The summed E-state index contributed by atoms with van der Waals surface area (Å²) in [6, 6.07) is 8.37. The average Bonchev–Trinajstić information content (AvgIpc) is 2.71. The molecule has 0 unspecified atom stereocenters. The van der Waals surface area contributed by atoms with Gasteiger partial charge in [-0.25, -0.2) is 0 Å². The molecule has 1 aromatic rings. The van der Waals surface area contributed by atoms with Gasteiger partial charge in [0.15, 0.2) is 0 Å². The number of rotatable bonds is 4. The van der Waals surface area contributed by atoms with E-state index < -0.39 is 0 Å². The molecular formula is C18H24Cl2NOZr. The van der Waals surface area contributed by atoms with Gasteiger partial charge in [-0.1, -0.05) is 18.7 Å². The Labute approximate surface area is 171 Å². The fourth-order valence-electron chi connectivity index (χ4n) is 2.52. The van der Waals surface area contributed by atoms with Crippen molar-refractivity contribution in [3.05, 3.63) is 52.7 Å². The molecule has 2 nitrogen and oxygen atoms in total. The first-order chi connectivity index (χ1) is 9.42. The number of allylic oxidation sites excluding steroid dienone is 2. The SMILES string of the molecule is CC(CCCO)=C1C(NC(C)(C)C)=[C-]c2ccccc21.[Cl-].[Cl-].[Zr+3]. The van der Waals surface area contributed by atoms with Crippen LogP contribution in [0.1, 0.15) is 51.7 Å². The fourth-order valence-corrected chi connectivity index (χ4v) is 2.52. The zero-order valence-electron chi connectivity index (χ0n) is 14.1. The molecule has 125 valence electrons. The van der Waals surface area contributed by atoms with Crippen LogP contribution in [0, 0.1) is 6.08 Å². The molecule has 23 heavy (non-hydrogen) atoms.